The van der Waals surface area contributed by atoms with Gasteiger partial charge in [-0.2, -0.15) is 0 Å². The van der Waals surface area contributed by atoms with Crippen molar-refractivity contribution < 1.29 is 19.4 Å². The van der Waals surface area contributed by atoms with Gasteiger partial charge in [0.2, 0.25) is 0 Å². The molecule has 1 heterocycles. The minimum Gasteiger partial charge on any atom is -0.507 e. The van der Waals surface area contributed by atoms with Gasteiger partial charge in [0.1, 0.15) is 23.7 Å². The van der Waals surface area contributed by atoms with Crippen molar-refractivity contribution in [2.45, 2.75) is 6.92 Å². The van der Waals surface area contributed by atoms with Crippen molar-refractivity contribution in [2.24, 2.45) is 7.05 Å². The van der Waals surface area contributed by atoms with E-state index in [1.54, 1.807) is 31.2 Å². The fraction of sp³-hybridized carbons (Fsp3) is 0.167. The number of aryl methyl sites for hydroxylation is 1. The van der Waals surface area contributed by atoms with Crippen LogP contribution in [0.3, 0.4) is 0 Å². The fourth-order valence-electron chi connectivity index (χ4n) is 2.13. The number of pyridine rings is 1. The standard InChI is InChI=1S/C18H17NO5/c1-12-10-16(22)17(18(23)19(12)2)15(21)7-6-13-4-3-5-14(11-13)24-9-8-20/h3-8,10-11,22H,9H2,1-2H3/b7-6+. The van der Waals surface area contributed by atoms with Crippen LogP contribution < -0.4 is 10.3 Å². The Morgan fingerprint density at radius 2 is 2.08 bits per heavy atom. The summed E-state index contributed by atoms with van der Waals surface area (Å²) in [6, 6.07) is 8.16. The zero-order chi connectivity index (χ0) is 17.7. The van der Waals surface area contributed by atoms with Crippen molar-refractivity contribution in [2.75, 3.05) is 6.61 Å². The predicted molar refractivity (Wildman–Crippen MR) is 89.5 cm³/mol. The molecule has 0 bridgehead atoms. The van der Waals surface area contributed by atoms with E-state index in [0.717, 1.165) is 0 Å². The van der Waals surface area contributed by atoms with Gasteiger partial charge in [-0.25, -0.2) is 0 Å². The Kier molecular flexibility index (Phi) is 5.31. The zero-order valence-electron chi connectivity index (χ0n) is 13.4. The SMILES string of the molecule is Cc1cc(O)c(C(=O)/C=C/c2cccc(OCC=O)c2)c(=O)n1C. The minimum atomic E-state index is -0.590. The molecule has 24 heavy (non-hydrogen) atoms. The molecule has 0 spiro atoms. The summed E-state index contributed by atoms with van der Waals surface area (Å²) < 4.78 is 6.47. The Morgan fingerprint density at radius 1 is 1.33 bits per heavy atom. The highest BCUT2D eigenvalue weighted by Gasteiger charge is 2.16. The largest absolute Gasteiger partial charge is 0.507 e. The third kappa shape index (κ3) is 3.78. The molecule has 1 aromatic carbocycles. The van der Waals surface area contributed by atoms with Gasteiger partial charge in [0, 0.05) is 18.8 Å². The number of hydrogen-bond acceptors (Lipinski definition) is 5. The van der Waals surface area contributed by atoms with Gasteiger partial charge < -0.3 is 14.4 Å². The second-order valence-electron chi connectivity index (χ2n) is 5.16. The van der Waals surface area contributed by atoms with Gasteiger partial charge in [-0.3, -0.25) is 14.4 Å². The predicted octanol–water partition coefficient (Wildman–Crippen LogP) is 1.87. The first kappa shape index (κ1) is 17.2. The number of aromatic hydroxyl groups is 1. The smallest absolute Gasteiger partial charge is 0.265 e. The Bertz CT molecular complexity index is 864. The summed E-state index contributed by atoms with van der Waals surface area (Å²) in [5.41, 5.74) is 0.395. The topological polar surface area (TPSA) is 85.6 Å². The number of rotatable bonds is 6. The Balaban J connectivity index is 2.27. The minimum absolute atomic E-state index is 0.0562. The molecule has 1 N–H and O–H groups in total. The summed E-state index contributed by atoms with van der Waals surface area (Å²) >= 11 is 0. The summed E-state index contributed by atoms with van der Waals surface area (Å²) in [5, 5.41) is 9.88. The molecule has 2 rings (SSSR count). The lowest BCUT2D eigenvalue weighted by Gasteiger charge is -2.07. The molecule has 0 amide bonds. The molecule has 2 aromatic rings. The first-order chi connectivity index (χ1) is 11.4. The van der Waals surface area contributed by atoms with Crippen molar-refractivity contribution in [1.82, 2.24) is 4.57 Å². The third-order valence-electron chi connectivity index (χ3n) is 3.50. The number of ether oxygens (including phenoxy) is 1. The number of benzene rings is 1. The van der Waals surface area contributed by atoms with Gasteiger partial charge in [0.25, 0.3) is 5.56 Å². The van der Waals surface area contributed by atoms with Crippen LogP contribution in [0.1, 0.15) is 21.6 Å². The van der Waals surface area contributed by atoms with Gasteiger partial charge in [-0.15, -0.1) is 0 Å². The van der Waals surface area contributed by atoms with Crippen LogP contribution >= 0.6 is 0 Å². The van der Waals surface area contributed by atoms with Gasteiger partial charge in [0.15, 0.2) is 12.1 Å². The molecule has 6 nitrogen and oxygen atoms in total. The van der Waals surface area contributed by atoms with E-state index < -0.39 is 11.3 Å². The Morgan fingerprint density at radius 3 is 2.79 bits per heavy atom. The summed E-state index contributed by atoms with van der Waals surface area (Å²) in [4.78, 5) is 34.7. The average Bonchev–Trinajstić information content (AvgIpc) is 2.56. The van der Waals surface area contributed by atoms with Crippen molar-refractivity contribution >= 4 is 18.1 Å². The van der Waals surface area contributed by atoms with Crippen molar-refractivity contribution in [3.63, 3.8) is 0 Å². The third-order valence-corrected chi connectivity index (χ3v) is 3.50. The lowest BCUT2D eigenvalue weighted by atomic mass is 10.1. The van der Waals surface area contributed by atoms with Crippen LogP contribution in [-0.2, 0) is 11.8 Å². The molecule has 0 aliphatic heterocycles. The number of nitrogens with zero attached hydrogens (tertiary/aromatic N) is 1. The van der Waals surface area contributed by atoms with Gasteiger partial charge in [0.05, 0.1) is 0 Å². The van der Waals surface area contributed by atoms with Crippen LogP contribution in [0.5, 0.6) is 11.5 Å². The molecular weight excluding hydrogens is 310 g/mol. The number of carbonyl (C=O) groups excluding carboxylic acids is 2. The summed E-state index contributed by atoms with van der Waals surface area (Å²) in [7, 11) is 1.53. The van der Waals surface area contributed by atoms with E-state index in [9.17, 15) is 19.5 Å². The fourth-order valence-corrected chi connectivity index (χ4v) is 2.13. The quantitative estimate of drug-likeness (QED) is 0.497. The van der Waals surface area contributed by atoms with Gasteiger partial charge >= 0.3 is 0 Å². The maximum atomic E-state index is 12.2. The second kappa shape index (κ2) is 7.41. The number of aldehydes is 1. The first-order valence-corrected chi connectivity index (χ1v) is 7.22. The number of carbonyl (C=O) groups is 2. The van der Waals surface area contributed by atoms with Crippen molar-refractivity contribution in [3.05, 3.63) is 63.6 Å². The first-order valence-electron chi connectivity index (χ1n) is 7.22. The van der Waals surface area contributed by atoms with Crippen LogP contribution in [-0.4, -0.2) is 28.3 Å². The van der Waals surface area contributed by atoms with Crippen LogP contribution in [0.25, 0.3) is 6.08 Å². The molecule has 0 saturated heterocycles. The van der Waals surface area contributed by atoms with Gasteiger partial charge in [-0.1, -0.05) is 18.2 Å². The highest BCUT2D eigenvalue weighted by atomic mass is 16.5. The number of aromatic nitrogens is 1. The molecule has 0 fully saturated rings. The molecule has 1 aromatic heterocycles. The van der Waals surface area contributed by atoms with Crippen molar-refractivity contribution in [1.29, 1.82) is 0 Å². The zero-order valence-corrected chi connectivity index (χ0v) is 13.4. The van der Waals surface area contributed by atoms with E-state index in [-0.39, 0.29) is 17.9 Å². The summed E-state index contributed by atoms with van der Waals surface area (Å²) in [6.45, 7) is 1.61. The van der Waals surface area contributed by atoms with E-state index in [1.165, 1.54) is 29.8 Å². The van der Waals surface area contributed by atoms with Crippen LogP contribution in [0.2, 0.25) is 0 Å². The van der Waals surface area contributed by atoms with Crippen LogP contribution in [0.15, 0.2) is 41.2 Å². The van der Waals surface area contributed by atoms with E-state index in [2.05, 4.69) is 0 Å². The average molecular weight is 327 g/mol. The van der Waals surface area contributed by atoms with E-state index in [4.69, 9.17) is 4.74 Å². The molecule has 0 unspecified atom stereocenters. The van der Waals surface area contributed by atoms with Gasteiger partial charge in [-0.05, 0) is 30.7 Å². The maximum absolute atomic E-state index is 12.2. The van der Waals surface area contributed by atoms with E-state index in [0.29, 0.717) is 23.3 Å². The van der Waals surface area contributed by atoms with Crippen LogP contribution in [0.4, 0.5) is 0 Å². The molecule has 0 atom stereocenters. The molecule has 0 aliphatic carbocycles. The normalized spacial score (nSPS) is 10.8. The monoisotopic (exact) mass is 327 g/mol. The molecule has 0 saturated carbocycles. The van der Waals surface area contributed by atoms with Crippen molar-refractivity contribution in [3.8, 4) is 11.5 Å². The molecule has 6 heteroatoms. The summed E-state index contributed by atoms with van der Waals surface area (Å²) in [6.07, 6.45) is 3.36. The highest BCUT2D eigenvalue weighted by molar-refractivity contribution is 6.08. The number of allylic oxidation sites excluding steroid dienone is 1. The molecule has 124 valence electrons. The van der Waals surface area contributed by atoms with E-state index in [1.807, 2.05) is 0 Å². The lowest BCUT2D eigenvalue weighted by molar-refractivity contribution is -0.109. The number of ketones is 1. The number of hydrogen-bond donors (Lipinski definition) is 1. The Labute approximate surface area is 138 Å². The lowest BCUT2D eigenvalue weighted by Crippen LogP contribution is -2.25. The molecular formula is C18H17NO5. The highest BCUT2D eigenvalue weighted by Crippen LogP contribution is 2.17. The maximum Gasteiger partial charge on any atom is 0.265 e. The Hall–Kier alpha value is -3.15. The molecule has 0 aliphatic rings. The van der Waals surface area contributed by atoms with E-state index >= 15 is 0 Å². The summed E-state index contributed by atoms with van der Waals surface area (Å²) in [5.74, 6) is -0.438. The second-order valence-corrected chi connectivity index (χ2v) is 5.16. The van der Waals surface area contributed by atoms with Crippen LogP contribution in [0, 0.1) is 6.92 Å². The molecule has 0 radical (unpaired) electrons.